The number of ether oxygens (including phenoxy) is 1. The van der Waals surface area contributed by atoms with Gasteiger partial charge in [-0.1, -0.05) is 12.1 Å². The summed E-state index contributed by atoms with van der Waals surface area (Å²) >= 11 is 0. The summed E-state index contributed by atoms with van der Waals surface area (Å²) in [6, 6.07) is 19.9. The predicted molar refractivity (Wildman–Crippen MR) is 109 cm³/mol. The van der Waals surface area contributed by atoms with Crippen molar-refractivity contribution in [1.82, 2.24) is 4.98 Å². The third kappa shape index (κ3) is 4.86. The second kappa shape index (κ2) is 8.69. The highest BCUT2D eigenvalue weighted by atomic mass is 16.5. The van der Waals surface area contributed by atoms with E-state index in [0.717, 1.165) is 11.4 Å². The fraction of sp³-hybridized carbons (Fsp3) is 0.136. The summed E-state index contributed by atoms with van der Waals surface area (Å²) in [5.41, 5.74) is 2.15. The molecule has 0 aliphatic heterocycles. The third-order valence-electron chi connectivity index (χ3n) is 3.82. The van der Waals surface area contributed by atoms with Gasteiger partial charge in [0.1, 0.15) is 17.6 Å². The second-order valence-corrected chi connectivity index (χ2v) is 6.36. The molecule has 2 aromatic carbocycles. The Balaban J connectivity index is 1.64. The SMILES string of the molecule is CC(C)Oc1ccc(Nc2ccc(C(=O)Nc3ccccc3C#N)cn2)cc1. The van der Waals surface area contributed by atoms with Crippen LogP contribution >= 0.6 is 0 Å². The van der Waals surface area contributed by atoms with E-state index in [9.17, 15) is 4.79 Å². The number of hydrogen-bond donors (Lipinski definition) is 2. The lowest BCUT2D eigenvalue weighted by Crippen LogP contribution is -2.13. The van der Waals surface area contributed by atoms with Crippen molar-refractivity contribution in [2.75, 3.05) is 10.6 Å². The van der Waals surface area contributed by atoms with Gasteiger partial charge in [-0.3, -0.25) is 4.79 Å². The molecule has 140 valence electrons. The Hall–Kier alpha value is -3.85. The molecule has 0 atom stereocenters. The van der Waals surface area contributed by atoms with Gasteiger partial charge in [-0.05, 0) is 62.4 Å². The summed E-state index contributed by atoms with van der Waals surface area (Å²) in [6.45, 7) is 3.96. The van der Waals surface area contributed by atoms with Crippen molar-refractivity contribution in [1.29, 1.82) is 5.26 Å². The second-order valence-electron chi connectivity index (χ2n) is 6.36. The normalized spacial score (nSPS) is 10.2. The molecule has 0 unspecified atom stereocenters. The number of nitrogens with zero attached hydrogens (tertiary/aromatic N) is 2. The van der Waals surface area contributed by atoms with Gasteiger partial charge in [-0.25, -0.2) is 4.98 Å². The molecule has 1 aromatic heterocycles. The van der Waals surface area contributed by atoms with Crippen molar-refractivity contribution >= 4 is 23.1 Å². The Morgan fingerprint density at radius 1 is 1.07 bits per heavy atom. The van der Waals surface area contributed by atoms with Crippen molar-refractivity contribution in [3.63, 3.8) is 0 Å². The maximum atomic E-state index is 12.4. The van der Waals surface area contributed by atoms with Gasteiger partial charge in [-0.15, -0.1) is 0 Å². The van der Waals surface area contributed by atoms with E-state index in [0.29, 0.717) is 22.6 Å². The summed E-state index contributed by atoms with van der Waals surface area (Å²) in [5, 5.41) is 15.0. The largest absolute Gasteiger partial charge is 0.491 e. The van der Waals surface area contributed by atoms with E-state index in [1.54, 1.807) is 36.4 Å². The molecule has 3 rings (SSSR count). The van der Waals surface area contributed by atoms with Crippen LogP contribution < -0.4 is 15.4 Å². The van der Waals surface area contributed by atoms with Gasteiger partial charge in [0.25, 0.3) is 5.91 Å². The molecule has 28 heavy (non-hydrogen) atoms. The first-order valence-corrected chi connectivity index (χ1v) is 8.85. The van der Waals surface area contributed by atoms with E-state index < -0.39 is 0 Å². The van der Waals surface area contributed by atoms with Crippen LogP contribution in [-0.4, -0.2) is 17.0 Å². The van der Waals surface area contributed by atoms with E-state index in [-0.39, 0.29) is 12.0 Å². The fourth-order valence-corrected chi connectivity index (χ4v) is 2.52. The van der Waals surface area contributed by atoms with Crippen molar-refractivity contribution in [2.24, 2.45) is 0 Å². The Morgan fingerprint density at radius 2 is 1.82 bits per heavy atom. The number of para-hydroxylation sites is 1. The van der Waals surface area contributed by atoms with Crippen molar-refractivity contribution in [3.05, 3.63) is 78.0 Å². The molecule has 0 bridgehead atoms. The minimum atomic E-state index is -0.322. The topological polar surface area (TPSA) is 87.0 Å². The Kier molecular flexibility index (Phi) is 5.87. The van der Waals surface area contributed by atoms with Crippen molar-refractivity contribution in [2.45, 2.75) is 20.0 Å². The Bertz CT molecular complexity index is 990. The van der Waals surface area contributed by atoms with E-state index in [1.165, 1.54) is 6.20 Å². The van der Waals surface area contributed by atoms with Crippen LogP contribution in [0.1, 0.15) is 29.8 Å². The molecule has 6 heteroatoms. The van der Waals surface area contributed by atoms with E-state index in [1.807, 2.05) is 38.1 Å². The molecule has 0 radical (unpaired) electrons. The monoisotopic (exact) mass is 372 g/mol. The molecule has 0 saturated carbocycles. The van der Waals surface area contributed by atoms with Gasteiger partial charge < -0.3 is 15.4 Å². The van der Waals surface area contributed by atoms with Gasteiger partial charge in [-0.2, -0.15) is 5.26 Å². The minimum absolute atomic E-state index is 0.124. The predicted octanol–water partition coefficient (Wildman–Crippen LogP) is 4.74. The molecule has 1 amide bonds. The summed E-state index contributed by atoms with van der Waals surface area (Å²) in [6.07, 6.45) is 1.61. The molecule has 2 N–H and O–H groups in total. The molecule has 0 saturated heterocycles. The molecule has 3 aromatic rings. The van der Waals surface area contributed by atoms with Crippen molar-refractivity contribution in [3.8, 4) is 11.8 Å². The average Bonchev–Trinajstić information content (AvgIpc) is 2.70. The number of aromatic nitrogens is 1. The third-order valence-corrected chi connectivity index (χ3v) is 3.82. The number of pyridine rings is 1. The molecular formula is C22H20N4O2. The number of hydrogen-bond acceptors (Lipinski definition) is 5. The molecule has 0 aliphatic carbocycles. The lowest BCUT2D eigenvalue weighted by atomic mass is 10.2. The zero-order valence-electron chi connectivity index (χ0n) is 15.6. The number of nitriles is 1. The highest BCUT2D eigenvalue weighted by molar-refractivity contribution is 6.04. The van der Waals surface area contributed by atoms with Crippen LogP contribution in [-0.2, 0) is 0 Å². The first kappa shape index (κ1) is 18.9. The standard InChI is InChI=1S/C22H20N4O2/c1-15(2)28-19-10-8-18(9-11-19)25-21-12-7-17(14-24-21)22(27)26-20-6-4-3-5-16(20)13-23/h3-12,14-15H,1-2H3,(H,24,25)(H,26,27). The summed E-state index contributed by atoms with van der Waals surface area (Å²) in [4.78, 5) is 16.7. The Morgan fingerprint density at radius 3 is 2.46 bits per heavy atom. The highest BCUT2D eigenvalue weighted by Crippen LogP contribution is 2.20. The number of benzene rings is 2. The van der Waals surface area contributed by atoms with Gasteiger partial charge >= 0.3 is 0 Å². The van der Waals surface area contributed by atoms with Gasteiger partial charge in [0.15, 0.2) is 0 Å². The van der Waals surface area contributed by atoms with E-state index in [2.05, 4.69) is 21.7 Å². The molecule has 1 heterocycles. The molecule has 0 spiro atoms. The number of carbonyl (C=O) groups is 1. The Labute approximate surface area is 163 Å². The molecular weight excluding hydrogens is 352 g/mol. The van der Waals surface area contributed by atoms with Crippen LogP contribution in [0.5, 0.6) is 5.75 Å². The van der Waals surface area contributed by atoms with Gasteiger partial charge in [0, 0.05) is 11.9 Å². The summed E-state index contributed by atoms with van der Waals surface area (Å²) in [5.74, 6) is 1.10. The summed E-state index contributed by atoms with van der Waals surface area (Å²) < 4.78 is 5.62. The average molecular weight is 372 g/mol. The lowest BCUT2D eigenvalue weighted by molar-refractivity contribution is 0.102. The fourth-order valence-electron chi connectivity index (χ4n) is 2.52. The van der Waals surface area contributed by atoms with Crippen LogP contribution in [0.2, 0.25) is 0 Å². The van der Waals surface area contributed by atoms with Crippen LogP contribution in [0.3, 0.4) is 0 Å². The zero-order valence-corrected chi connectivity index (χ0v) is 15.6. The summed E-state index contributed by atoms with van der Waals surface area (Å²) in [7, 11) is 0. The first-order chi connectivity index (χ1) is 13.5. The van der Waals surface area contributed by atoms with Gasteiger partial charge in [0.2, 0.25) is 0 Å². The maximum Gasteiger partial charge on any atom is 0.257 e. The van der Waals surface area contributed by atoms with Crippen LogP contribution in [0.25, 0.3) is 0 Å². The smallest absolute Gasteiger partial charge is 0.257 e. The number of amides is 1. The number of carbonyl (C=O) groups excluding carboxylic acids is 1. The number of anilines is 3. The molecule has 0 aliphatic rings. The molecule has 6 nitrogen and oxygen atoms in total. The van der Waals surface area contributed by atoms with E-state index in [4.69, 9.17) is 10.00 Å². The molecule has 0 fully saturated rings. The quantitative estimate of drug-likeness (QED) is 0.653. The highest BCUT2D eigenvalue weighted by Gasteiger charge is 2.09. The van der Waals surface area contributed by atoms with Crippen LogP contribution in [0.15, 0.2) is 66.9 Å². The van der Waals surface area contributed by atoms with Crippen molar-refractivity contribution < 1.29 is 9.53 Å². The van der Waals surface area contributed by atoms with Gasteiger partial charge in [0.05, 0.1) is 22.9 Å². The van der Waals surface area contributed by atoms with Crippen LogP contribution in [0, 0.1) is 11.3 Å². The lowest BCUT2D eigenvalue weighted by Gasteiger charge is -2.11. The maximum absolute atomic E-state index is 12.4. The first-order valence-electron chi connectivity index (χ1n) is 8.85. The zero-order chi connectivity index (χ0) is 19.9. The van der Waals surface area contributed by atoms with E-state index >= 15 is 0 Å². The minimum Gasteiger partial charge on any atom is -0.491 e. The number of rotatable bonds is 6. The number of nitrogens with one attached hydrogen (secondary N) is 2. The van der Waals surface area contributed by atoms with Crippen LogP contribution in [0.4, 0.5) is 17.2 Å².